The van der Waals surface area contributed by atoms with E-state index in [2.05, 4.69) is 15.5 Å². The fraction of sp³-hybridized carbons (Fsp3) is 0.692. The van der Waals surface area contributed by atoms with E-state index in [1.165, 1.54) is 6.33 Å². The molecule has 0 bridgehead atoms. The summed E-state index contributed by atoms with van der Waals surface area (Å²) in [7, 11) is 0. The zero-order chi connectivity index (χ0) is 14.8. The van der Waals surface area contributed by atoms with Crippen molar-refractivity contribution in [3.05, 3.63) is 12.2 Å². The van der Waals surface area contributed by atoms with Crippen molar-refractivity contribution in [3.63, 3.8) is 0 Å². The standard InChI is InChI=1S/C13H20N4O3/c1-4-9-11(18)16-13(3,5-2)12(19)17(9)7-6-10-14-8-15-20-10/h8-9H,4-7H2,1-3H3,(H,16,18). The van der Waals surface area contributed by atoms with Crippen LogP contribution in [0, 0.1) is 0 Å². The van der Waals surface area contributed by atoms with Gasteiger partial charge in [0.25, 0.3) is 0 Å². The van der Waals surface area contributed by atoms with Gasteiger partial charge in [-0.15, -0.1) is 0 Å². The van der Waals surface area contributed by atoms with Gasteiger partial charge in [-0.25, -0.2) is 0 Å². The van der Waals surface area contributed by atoms with Crippen LogP contribution < -0.4 is 5.32 Å². The van der Waals surface area contributed by atoms with Crippen molar-refractivity contribution in [2.45, 2.75) is 51.6 Å². The smallest absolute Gasteiger partial charge is 0.248 e. The molecule has 2 atom stereocenters. The molecule has 2 unspecified atom stereocenters. The van der Waals surface area contributed by atoms with Crippen LogP contribution in [0.4, 0.5) is 0 Å². The van der Waals surface area contributed by atoms with Crippen molar-refractivity contribution in [1.82, 2.24) is 20.4 Å². The normalized spacial score (nSPS) is 26.8. The van der Waals surface area contributed by atoms with Gasteiger partial charge in [-0.1, -0.05) is 19.0 Å². The van der Waals surface area contributed by atoms with Gasteiger partial charge in [0.05, 0.1) is 0 Å². The van der Waals surface area contributed by atoms with Gasteiger partial charge in [0, 0.05) is 13.0 Å². The first-order valence-corrected chi connectivity index (χ1v) is 6.90. The Kier molecular flexibility index (Phi) is 4.06. The number of carbonyl (C=O) groups excluding carboxylic acids is 2. The molecule has 0 aromatic carbocycles. The second kappa shape index (κ2) is 5.60. The third-order valence-corrected chi connectivity index (χ3v) is 3.88. The van der Waals surface area contributed by atoms with Gasteiger partial charge in [0.1, 0.15) is 11.6 Å². The van der Waals surface area contributed by atoms with E-state index in [4.69, 9.17) is 4.52 Å². The molecule has 0 spiro atoms. The number of carbonyl (C=O) groups is 2. The zero-order valence-corrected chi connectivity index (χ0v) is 12.0. The molecule has 7 nitrogen and oxygen atoms in total. The molecular formula is C13H20N4O3. The fourth-order valence-electron chi connectivity index (χ4n) is 2.43. The lowest BCUT2D eigenvalue weighted by molar-refractivity contribution is -0.154. The van der Waals surface area contributed by atoms with Gasteiger partial charge in [-0.3, -0.25) is 9.59 Å². The van der Waals surface area contributed by atoms with Crippen LogP contribution in [-0.4, -0.2) is 45.0 Å². The van der Waals surface area contributed by atoms with Crippen LogP contribution in [0.25, 0.3) is 0 Å². The summed E-state index contributed by atoms with van der Waals surface area (Å²) in [5, 5.41) is 6.37. The molecule has 110 valence electrons. The van der Waals surface area contributed by atoms with E-state index in [1.54, 1.807) is 11.8 Å². The third kappa shape index (κ3) is 2.52. The van der Waals surface area contributed by atoms with Gasteiger partial charge >= 0.3 is 0 Å². The molecule has 20 heavy (non-hydrogen) atoms. The topological polar surface area (TPSA) is 88.3 Å². The summed E-state index contributed by atoms with van der Waals surface area (Å²) in [6.07, 6.45) is 2.93. The molecule has 2 heterocycles. The number of amides is 2. The molecule has 1 aromatic heterocycles. The van der Waals surface area contributed by atoms with E-state index in [-0.39, 0.29) is 11.8 Å². The second-order valence-electron chi connectivity index (χ2n) is 5.18. The summed E-state index contributed by atoms with van der Waals surface area (Å²) in [5.41, 5.74) is -0.822. The first kappa shape index (κ1) is 14.5. The predicted octanol–water partition coefficient (Wildman–Crippen LogP) is 0.518. The maximum absolute atomic E-state index is 12.6. The Balaban J connectivity index is 2.16. The van der Waals surface area contributed by atoms with Crippen LogP contribution in [0.15, 0.2) is 10.9 Å². The molecule has 0 radical (unpaired) electrons. The van der Waals surface area contributed by atoms with Crippen molar-refractivity contribution in [3.8, 4) is 0 Å². The molecule has 2 amide bonds. The van der Waals surface area contributed by atoms with Crippen molar-refractivity contribution in [2.75, 3.05) is 6.54 Å². The third-order valence-electron chi connectivity index (χ3n) is 3.88. The van der Waals surface area contributed by atoms with E-state index in [0.717, 1.165) is 0 Å². The lowest BCUT2D eigenvalue weighted by Gasteiger charge is -2.43. The summed E-state index contributed by atoms with van der Waals surface area (Å²) >= 11 is 0. The van der Waals surface area contributed by atoms with Gasteiger partial charge in [0.2, 0.25) is 17.7 Å². The largest absolute Gasteiger partial charge is 0.340 e. The predicted molar refractivity (Wildman–Crippen MR) is 70.6 cm³/mol. The Hall–Kier alpha value is -1.92. The summed E-state index contributed by atoms with van der Waals surface area (Å²) in [6, 6.07) is -0.426. The van der Waals surface area contributed by atoms with Crippen molar-refractivity contribution in [2.24, 2.45) is 0 Å². The van der Waals surface area contributed by atoms with Crippen LogP contribution in [0.1, 0.15) is 39.5 Å². The Bertz CT molecular complexity index is 488. The molecule has 1 saturated heterocycles. The van der Waals surface area contributed by atoms with E-state index < -0.39 is 11.6 Å². The molecule has 1 aromatic rings. The number of nitrogens with one attached hydrogen (secondary N) is 1. The van der Waals surface area contributed by atoms with Crippen LogP contribution in [0.2, 0.25) is 0 Å². The van der Waals surface area contributed by atoms with Gasteiger partial charge in [-0.05, 0) is 19.8 Å². The Morgan fingerprint density at radius 2 is 2.20 bits per heavy atom. The van der Waals surface area contributed by atoms with E-state index in [9.17, 15) is 9.59 Å². The number of hydrogen-bond acceptors (Lipinski definition) is 5. The number of hydrogen-bond donors (Lipinski definition) is 1. The summed E-state index contributed by atoms with van der Waals surface area (Å²) in [6.45, 7) is 5.95. The lowest BCUT2D eigenvalue weighted by Crippen LogP contribution is -2.69. The molecule has 2 rings (SSSR count). The summed E-state index contributed by atoms with van der Waals surface area (Å²) in [5.74, 6) is 0.324. The van der Waals surface area contributed by atoms with E-state index in [0.29, 0.717) is 31.7 Å². The van der Waals surface area contributed by atoms with E-state index >= 15 is 0 Å². The first-order valence-electron chi connectivity index (χ1n) is 6.90. The fourth-order valence-corrected chi connectivity index (χ4v) is 2.43. The Morgan fingerprint density at radius 3 is 2.75 bits per heavy atom. The summed E-state index contributed by atoms with van der Waals surface area (Å²) in [4.78, 5) is 30.3. The molecule has 0 saturated carbocycles. The molecule has 1 aliphatic heterocycles. The molecule has 1 aliphatic rings. The number of nitrogens with zero attached hydrogens (tertiary/aromatic N) is 3. The Labute approximate surface area is 117 Å². The number of aromatic nitrogens is 2. The number of piperazine rings is 1. The highest BCUT2D eigenvalue weighted by Gasteiger charge is 2.46. The van der Waals surface area contributed by atoms with Crippen LogP contribution in [0.3, 0.4) is 0 Å². The first-order chi connectivity index (χ1) is 9.51. The monoisotopic (exact) mass is 280 g/mol. The van der Waals surface area contributed by atoms with Gasteiger partial charge in [0.15, 0.2) is 6.33 Å². The molecule has 1 N–H and O–H groups in total. The highest BCUT2D eigenvalue weighted by Crippen LogP contribution is 2.23. The maximum atomic E-state index is 12.6. The van der Waals surface area contributed by atoms with Gasteiger partial charge < -0.3 is 14.7 Å². The highest BCUT2D eigenvalue weighted by atomic mass is 16.5. The minimum atomic E-state index is -0.822. The SMILES string of the molecule is CCC1C(=O)NC(C)(CC)C(=O)N1CCc1ncno1. The molecule has 0 aliphatic carbocycles. The molecular weight excluding hydrogens is 260 g/mol. The van der Waals surface area contributed by atoms with Crippen molar-refractivity contribution >= 4 is 11.8 Å². The van der Waals surface area contributed by atoms with Crippen molar-refractivity contribution < 1.29 is 14.1 Å². The Morgan fingerprint density at radius 1 is 1.45 bits per heavy atom. The average molecular weight is 280 g/mol. The quantitative estimate of drug-likeness (QED) is 0.849. The average Bonchev–Trinajstić information content (AvgIpc) is 2.94. The van der Waals surface area contributed by atoms with Crippen LogP contribution >= 0.6 is 0 Å². The minimum absolute atomic E-state index is 0.0500. The van der Waals surface area contributed by atoms with Crippen LogP contribution in [-0.2, 0) is 16.0 Å². The second-order valence-corrected chi connectivity index (χ2v) is 5.18. The lowest BCUT2D eigenvalue weighted by atomic mass is 9.91. The number of rotatable bonds is 5. The highest BCUT2D eigenvalue weighted by molar-refractivity contribution is 5.99. The van der Waals surface area contributed by atoms with Crippen LogP contribution in [0.5, 0.6) is 0 Å². The van der Waals surface area contributed by atoms with Gasteiger partial charge in [-0.2, -0.15) is 4.98 Å². The molecule has 7 heteroatoms. The van der Waals surface area contributed by atoms with Crippen molar-refractivity contribution in [1.29, 1.82) is 0 Å². The minimum Gasteiger partial charge on any atom is -0.340 e. The van der Waals surface area contributed by atoms with E-state index in [1.807, 2.05) is 13.8 Å². The zero-order valence-electron chi connectivity index (χ0n) is 12.0. The maximum Gasteiger partial charge on any atom is 0.248 e. The molecule has 1 fully saturated rings. The summed E-state index contributed by atoms with van der Waals surface area (Å²) < 4.78 is 4.93.